The molecule has 0 bridgehead atoms. The van der Waals surface area contributed by atoms with Crippen LogP contribution in [0.3, 0.4) is 0 Å². The maximum absolute atomic E-state index is 12.3. The standard InChI is InChI=1S/C23H19N3O4/c1-12-20(23(27)28-2)25-19-10-15-14-5-3-4-6-16(14)24-21(15)22(26(12)19)13-7-8-17-18(9-13)30-11-29-17/h3-9,22,24H,10-11H2,1-2H3/t22-/m1/s1. The van der Waals surface area contributed by atoms with Gasteiger partial charge < -0.3 is 23.8 Å². The molecule has 7 nitrogen and oxygen atoms in total. The van der Waals surface area contributed by atoms with Crippen molar-refractivity contribution in [3.63, 3.8) is 0 Å². The second-order valence-electron chi connectivity index (χ2n) is 7.58. The SMILES string of the molecule is COC(=O)c1nc2n(c1C)[C@H](c1ccc3c(c1)OCO3)c1[nH]c3ccccc3c1C2. The Hall–Kier alpha value is -3.74. The van der Waals surface area contributed by atoms with Crippen LogP contribution in [-0.2, 0) is 11.2 Å². The second-order valence-corrected chi connectivity index (χ2v) is 7.58. The van der Waals surface area contributed by atoms with E-state index < -0.39 is 5.97 Å². The number of ether oxygens (including phenoxy) is 3. The highest BCUT2D eigenvalue weighted by Gasteiger charge is 2.35. The molecular formula is C23H19N3O4. The molecule has 2 aliphatic rings. The van der Waals surface area contributed by atoms with Crippen LogP contribution in [0.1, 0.15) is 44.9 Å². The van der Waals surface area contributed by atoms with Crippen LogP contribution in [0.5, 0.6) is 11.5 Å². The monoisotopic (exact) mass is 401 g/mol. The summed E-state index contributed by atoms with van der Waals surface area (Å²) in [6.07, 6.45) is 0.637. The summed E-state index contributed by atoms with van der Waals surface area (Å²) in [6, 6.07) is 14.1. The zero-order valence-electron chi connectivity index (χ0n) is 16.6. The van der Waals surface area contributed by atoms with Gasteiger partial charge in [0, 0.05) is 23.0 Å². The summed E-state index contributed by atoms with van der Waals surface area (Å²) >= 11 is 0. The number of fused-ring (bicyclic) bond motifs is 5. The molecule has 0 spiro atoms. The third-order valence-corrected chi connectivity index (χ3v) is 6.03. The number of esters is 1. The van der Waals surface area contributed by atoms with Crippen molar-refractivity contribution in [1.29, 1.82) is 0 Å². The molecule has 2 aromatic heterocycles. The van der Waals surface area contributed by atoms with Gasteiger partial charge in [-0.2, -0.15) is 0 Å². The fourth-order valence-corrected chi connectivity index (χ4v) is 4.66. The highest BCUT2D eigenvalue weighted by Crippen LogP contribution is 2.43. The molecule has 2 aromatic carbocycles. The molecule has 0 unspecified atom stereocenters. The minimum absolute atomic E-state index is 0.170. The van der Waals surface area contributed by atoms with Crippen LogP contribution in [0.4, 0.5) is 0 Å². The molecule has 150 valence electrons. The molecular weight excluding hydrogens is 382 g/mol. The van der Waals surface area contributed by atoms with Gasteiger partial charge in [0.1, 0.15) is 11.9 Å². The van der Waals surface area contributed by atoms with E-state index in [1.807, 2.05) is 37.3 Å². The molecule has 0 saturated heterocycles. The smallest absolute Gasteiger partial charge is 0.358 e. The van der Waals surface area contributed by atoms with Crippen molar-refractivity contribution in [3.8, 4) is 11.5 Å². The number of carbonyl (C=O) groups excluding carboxylic acids is 1. The molecule has 4 heterocycles. The van der Waals surface area contributed by atoms with Gasteiger partial charge >= 0.3 is 5.97 Å². The molecule has 4 aromatic rings. The first-order valence-electron chi connectivity index (χ1n) is 9.80. The van der Waals surface area contributed by atoms with E-state index >= 15 is 0 Å². The lowest BCUT2D eigenvalue weighted by molar-refractivity contribution is 0.0593. The second kappa shape index (κ2) is 6.13. The predicted molar refractivity (Wildman–Crippen MR) is 109 cm³/mol. The molecule has 1 N–H and O–H groups in total. The maximum atomic E-state index is 12.3. The zero-order valence-corrected chi connectivity index (χ0v) is 16.6. The molecule has 0 amide bonds. The molecule has 0 radical (unpaired) electrons. The highest BCUT2D eigenvalue weighted by molar-refractivity contribution is 5.89. The third kappa shape index (κ3) is 2.26. The Morgan fingerprint density at radius 1 is 1.20 bits per heavy atom. The summed E-state index contributed by atoms with van der Waals surface area (Å²) in [7, 11) is 1.38. The van der Waals surface area contributed by atoms with E-state index in [9.17, 15) is 4.79 Å². The van der Waals surface area contributed by atoms with E-state index in [1.165, 1.54) is 18.1 Å². The van der Waals surface area contributed by atoms with Crippen molar-refractivity contribution in [1.82, 2.24) is 14.5 Å². The third-order valence-electron chi connectivity index (χ3n) is 6.03. The average Bonchev–Trinajstić information content (AvgIpc) is 3.47. The Morgan fingerprint density at radius 2 is 2.03 bits per heavy atom. The summed E-state index contributed by atoms with van der Waals surface area (Å²) in [5, 5.41) is 1.17. The number of nitrogens with zero attached hydrogens (tertiary/aromatic N) is 2. The zero-order chi connectivity index (χ0) is 20.4. The Labute approximate surface area is 172 Å². The van der Waals surface area contributed by atoms with Crippen molar-refractivity contribution < 1.29 is 19.0 Å². The first kappa shape index (κ1) is 17.1. The number of hydrogen-bond acceptors (Lipinski definition) is 5. The normalized spacial score (nSPS) is 16.4. The van der Waals surface area contributed by atoms with Gasteiger partial charge in [0.15, 0.2) is 17.2 Å². The van der Waals surface area contributed by atoms with Gasteiger partial charge in [-0.1, -0.05) is 24.3 Å². The van der Waals surface area contributed by atoms with Crippen LogP contribution in [0.15, 0.2) is 42.5 Å². The number of benzene rings is 2. The van der Waals surface area contributed by atoms with Crippen LogP contribution in [-0.4, -0.2) is 34.4 Å². The van der Waals surface area contributed by atoms with Crippen molar-refractivity contribution >= 4 is 16.9 Å². The van der Waals surface area contributed by atoms with Crippen LogP contribution >= 0.6 is 0 Å². The minimum atomic E-state index is -0.424. The molecule has 30 heavy (non-hydrogen) atoms. The number of para-hydroxylation sites is 1. The summed E-state index contributed by atoms with van der Waals surface area (Å²) < 4.78 is 18.2. The fourth-order valence-electron chi connectivity index (χ4n) is 4.66. The van der Waals surface area contributed by atoms with Crippen molar-refractivity contribution in [2.45, 2.75) is 19.4 Å². The number of methoxy groups -OCH3 is 1. The molecule has 1 atom stereocenters. The summed E-state index contributed by atoms with van der Waals surface area (Å²) in [6.45, 7) is 2.14. The van der Waals surface area contributed by atoms with Gasteiger partial charge in [0.05, 0.1) is 12.8 Å². The number of hydrogen-bond donors (Lipinski definition) is 1. The summed E-state index contributed by atoms with van der Waals surface area (Å²) in [5.74, 6) is 1.88. The number of aromatic nitrogens is 3. The largest absolute Gasteiger partial charge is 0.464 e. The first-order valence-corrected chi connectivity index (χ1v) is 9.80. The van der Waals surface area contributed by atoms with Gasteiger partial charge in [0.25, 0.3) is 0 Å². The van der Waals surface area contributed by atoms with E-state index in [2.05, 4.69) is 26.7 Å². The summed E-state index contributed by atoms with van der Waals surface area (Å²) in [4.78, 5) is 20.6. The van der Waals surface area contributed by atoms with Gasteiger partial charge in [-0.05, 0) is 36.2 Å². The van der Waals surface area contributed by atoms with E-state index in [-0.39, 0.29) is 12.8 Å². The van der Waals surface area contributed by atoms with Gasteiger partial charge in [-0.15, -0.1) is 0 Å². The van der Waals surface area contributed by atoms with Crippen molar-refractivity contribution in [2.24, 2.45) is 0 Å². The van der Waals surface area contributed by atoms with E-state index in [1.54, 1.807) is 0 Å². The van der Waals surface area contributed by atoms with Gasteiger partial charge in [-0.25, -0.2) is 9.78 Å². The fraction of sp³-hybridized carbons (Fsp3) is 0.217. The Kier molecular flexibility index (Phi) is 3.50. The van der Waals surface area contributed by atoms with E-state index in [0.29, 0.717) is 12.1 Å². The first-order chi connectivity index (χ1) is 14.7. The maximum Gasteiger partial charge on any atom is 0.358 e. The molecule has 0 aliphatic carbocycles. The lowest BCUT2D eigenvalue weighted by atomic mass is 9.93. The number of nitrogens with one attached hydrogen (secondary N) is 1. The van der Waals surface area contributed by atoms with Gasteiger partial charge in [0.2, 0.25) is 6.79 Å². The van der Waals surface area contributed by atoms with E-state index in [0.717, 1.165) is 39.8 Å². The molecule has 0 fully saturated rings. The van der Waals surface area contributed by atoms with Crippen molar-refractivity contribution in [2.75, 3.05) is 13.9 Å². The van der Waals surface area contributed by atoms with Crippen molar-refractivity contribution in [3.05, 3.63) is 76.5 Å². The summed E-state index contributed by atoms with van der Waals surface area (Å²) in [5.41, 5.74) is 5.55. The quantitative estimate of drug-likeness (QED) is 0.456. The van der Waals surface area contributed by atoms with Crippen LogP contribution in [0.25, 0.3) is 10.9 Å². The number of imidazole rings is 1. The lowest BCUT2D eigenvalue weighted by Gasteiger charge is -2.28. The van der Waals surface area contributed by atoms with E-state index in [4.69, 9.17) is 14.2 Å². The Morgan fingerprint density at radius 3 is 2.90 bits per heavy atom. The molecule has 6 rings (SSSR count). The number of rotatable bonds is 2. The van der Waals surface area contributed by atoms with Crippen LogP contribution in [0, 0.1) is 6.92 Å². The Balaban J connectivity index is 1.62. The minimum Gasteiger partial charge on any atom is -0.464 e. The highest BCUT2D eigenvalue weighted by atomic mass is 16.7. The number of carbonyl (C=O) groups is 1. The number of H-pyrrole nitrogens is 1. The van der Waals surface area contributed by atoms with Crippen LogP contribution in [0.2, 0.25) is 0 Å². The average molecular weight is 401 g/mol. The molecule has 7 heteroatoms. The Bertz CT molecular complexity index is 1330. The number of aromatic amines is 1. The van der Waals surface area contributed by atoms with Gasteiger partial charge in [-0.3, -0.25) is 0 Å². The molecule has 0 saturated carbocycles. The lowest BCUT2D eigenvalue weighted by Crippen LogP contribution is -2.23. The predicted octanol–water partition coefficient (Wildman–Crippen LogP) is 3.73. The topological polar surface area (TPSA) is 78.4 Å². The van der Waals surface area contributed by atoms with Crippen LogP contribution < -0.4 is 9.47 Å². The molecule has 2 aliphatic heterocycles.